The van der Waals surface area contributed by atoms with Crippen molar-refractivity contribution < 1.29 is 9.53 Å². The molecule has 0 saturated carbocycles. The molecule has 1 amide bonds. The molecule has 0 radical (unpaired) electrons. The fourth-order valence-corrected chi connectivity index (χ4v) is 3.55. The number of anilines is 1. The highest BCUT2D eigenvalue weighted by Gasteiger charge is 2.36. The van der Waals surface area contributed by atoms with Crippen LogP contribution in [-0.4, -0.2) is 42.3 Å². The number of piperazine rings is 1. The van der Waals surface area contributed by atoms with E-state index in [1.807, 2.05) is 25.7 Å². The molecule has 114 valence electrons. The van der Waals surface area contributed by atoms with E-state index in [2.05, 4.69) is 45.7 Å². The van der Waals surface area contributed by atoms with E-state index >= 15 is 0 Å². The highest BCUT2D eigenvalue weighted by Crippen LogP contribution is 2.35. The molecule has 1 atom stereocenters. The number of fused-ring (bicyclic) bond motifs is 3. The highest BCUT2D eigenvalue weighted by atomic mass is 127. The standard InChI is InChI=1S/C16H21IN2O2/c1-16(2,3)21-15(20)18-6-7-19-13(10-18)8-11-4-5-12(17)9-14(11)19/h4-5,9,13H,6-8,10H2,1-3H3/t13-/m0/s1. The third kappa shape index (κ3) is 3.12. The zero-order valence-electron chi connectivity index (χ0n) is 12.7. The Bertz CT molecular complexity index is 568. The summed E-state index contributed by atoms with van der Waals surface area (Å²) in [5.74, 6) is 0. The van der Waals surface area contributed by atoms with Crippen LogP contribution in [-0.2, 0) is 11.2 Å². The topological polar surface area (TPSA) is 32.8 Å². The SMILES string of the molecule is CC(C)(C)OC(=O)N1CCN2c3cc(I)ccc3C[C@H]2C1. The Labute approximate surface area is 139 Å². The molecule has 0 bridgehead atoms. The van der Waals surface area contributed by atoms with Gasteiger partial charge in [0.25, 0.3) is 0 Å². The smallest absolute Gasteiger partial charge is 0.410 e. The minimum absolute atomic E-state index is 0.187. The van der Waals surface area contributed by atoms with E-state index in [4.69, 9.17) is 4.74 Å². The second-order valence-corrected chi connectivity index (χ2v) is 8.00. The summed E-state index contributed by atoms with van der Waals surface area (Å²) >= 11 is 2.35. The largest absolute Gasteiger partial charge is 0.444 e. The van der Waals surface area contributed by atoms with Crippen LogP contribution < -0.4 is 4.90 Å². The molecule has 1 aromatic rings. The number of hydrogen-bond donors (Lipinski definition) is 0. The molecule has 2 aliphatic rings. The van der Waals surface area contributed by atoms with Crippen LogP contribution in [0.1, 0.15) is 26.3 Å². The summed E-state index contributed by atoms with van der Waals surface area (Å²) in [5.41, 5.74) is 2.31. The van der Waals surface area contributed by atoms with Crippen molar-refractivity contribution in [2.75, 3.05) is 24.5 Å². The maximum absolute atomic E-state index is 12.2. The van der Waals surface area contributed by atoms with Crippen molar-refractivity contribution in [1.29, 1.82) is 0 Å². The minimum atomic E-state index is -0.428. The third-order valence-electron chi connectivity index (χ3n) is 3.95. The molecular formula is C16H21IN2O2. The molecule has 2 heterocycles. The Morgan fingerprint density at radius 3 is 2.81 bits per heavy atom. The molecule has 1 fully saturated rings. The van der Waals surface area contributed by atoms with Crippen LogP contribution in [0.25, 0.3) is 0 Å². The van der Waals surface area contributed by atoms with Gasteiger partial charge in [-0.2, -0.15) is 0 Å². The van der Waals surface area contributed by atoms with Gasteiger partial charge in [0.1, 0.15) is 5.60 Å². The number of carbonyl (C=O) groups excluding carboxylic acids is 1. The number of carbonyl (C=O) groups is 1. The molecule has 1 saturated heterocycles. The maximum atomic E-state index is 12.2. The zero-order chi connectivity index (χ0) is 15.2. The average molecular weight is 400 g/mol. The van der Waals surface area contributed by atoms with E-state index in [1.165, 1.54) is 14.8 Å². The number of ether oxygens (including phenoxy) is 1. The summed E-state index contributed by atoms with van der Waals surface area (Å²) in [6.07, 6.45) is 0.832. The Morgan fingerprint density at radius 1 is 1.33 bits per heavy atom. The van der Waals surface area contributed by atoms with E-state index in [-0.39, 0.29) is 6.09 Å². The summed E-state index contributed by atoms with van der Waals surface area (Å²) in [6.45, 7) is 8.10. The zero-order valence-corrected chi connectivity index (χ0v) is 14.9. The quantitative estimate of drug-likeness (QED) is 0.627. The summed E-state index contributed by atoms with van der Waals surface area (Å²) in [5, 5.41) is 0. The number of nitrogens with zero attached hydrogens (tertiary/aromatic N) is 2. The van der Waals surface area contributed by atoms with E-state index in [1.54, 1.807) is 0 Å². The van der Waals surface area contributed by atoms with Crippen LogP contribution in [0.15, 0.2) is 18.2 Å². The number of halogens is 1. The minimum Gasteiger partial charge on any atom is -0.444 e. The molecule has 0 unspecified atom stereocenters. The lowest BCUT2D eigenvalue weighted by molar-refractivity contribution is 0.0217. The molecule has 21 heavy (non-hydrogen) atoms. The van der Waals surface area contributed by atoms with Gasteiger partial charge in [-0.15, -0.1) is 0 Å². The van der Waals surface area contributed by atoms with Crippen LogP contribution in [0.5, 0.6) is 0 Å². The van der Waals surface area contributed by atoms with Gasteiger partial charge < -0.3 is 14.5 Å². The summed E-state index contributed by atoms with van der Waals surface area (Å²) in [7, 11) is 0. The summed E-state index contributed by atoms with van der Waals surface area (Å²) < 4.78 is 6.75. The Hall–Kier alpha value is -0.980. The number of benzene rings is 1. The van der Waals surface area contributed by atoms with Gasteiger partial charge in [0.05, 0.1) is 6.04 Å². The highest BCUT2D eigenvalue weighted by molar-refractivity contribution is 14.1. The number of rotatable bonds is 0. The third-order valence-corrected chi connectivity index (χ3v) is 4.62. The molecule has 5 heteroatoms. The van der Waals surface area contributed by atoms with Gasteiger partial charge in [-0.25, -0.2) is 4.79 Å². The molecule has 4 nitrogen and oxygen atoms in total. The molecule has 3 rings (SSSR count). The fraction of sp³-hybridized carbons (Fsp3) is 0.562. The average Bonchev–Trinajstić information content (AvgIpc) is 2.73. The van der Waals surface area contributed by atoms with Crippen molar-refractivity contribution in [1.82, 2.24) is 4.90 Å². The van der Waals surface area contributed by atoms with Gasteiger partial charge in [0.15, 0.2) is 0 Å². The second kappa shape index (κ2) is 5.34. The number of hydrogen-bond acceptors (Lipinski definition) is 3. The predicted molar refractivity (Wildman–Crippen MR) is 91.8 cm³/mol. The molecule has 0 N–H and O–H groups in total. The van der Waals surface area contributed by atoms with Crippen LogP contribution in [0.4, 0.5) is 10.5 Å². The molecule has 2 aliphatic heterocycles. The lowest BCUT2D eigenvalue weighted by atomic mass is 10.1. The van der Waals surface area contributed by atoms with E-state index in [0.717, 1.165) is 26.1 Å². The Balaban J connectivity index is 1.71. The van der Waals surface area contributed by atoms with Gasteiger partial charge in [-0.1, -0.05) is 6.07 Å². The van der Waals surface area contributed by atoms with Crippen LogP contribution in [0, 0.1) is 3.57 Å². The maximum Gasteiger partial charge on any atom is 0.410 e. The van der Waals surface area contributed by atoms with E-state index in [0.29, 0.717) is 6.04 Å². The monoisotopic (exact) mass is 400 g/mol. The normalized spacial score (nSPS) is 21.0. The van der Waals surface area contributed by atoms with E-state index in [9.17, 15) is 4.79 Å². The van der Waals surface area contributed by atoms with Crippen molar-refractivity contribution in [3.63, 3.8) is 0 Å². The van der Waals surface area contributed by atoms with Crippen molar-refractivity contribution in [2.24, 2.45) is 0 Å². The van der Waals surface area contributed by atoms with Crippen LogP contribution in [0.2, 0.25) is 0 Å². The molecular weight excluding hydrogens is 379 g/mol. The van der Waals surface area contributed by atoms with Gasteiger partial charge in [-0.3, -0.25) is 0 Å². The number of amides is 1. The van der Waals surface area contributed by atoms with Crippen LogP contribution in [0.3, 0.4) is 0 Å². The summed E-state index contributed by atoms with van der Waals surface area (Å²) in [4.78, 5) is 16.5. The second-order valence-electron chi connectivity index (χ2n) is 6.75. The molecule has 0 aromatic heterocycles. The summed E-state index contributed by atoms with van der Waals surface area (Å²) in [6, 6.07) is 7.01. The first kappa shape index (κ1) is 14.9. The van der Waals surface area contributed by atoms with Crippen molar-refractivity contribution in [3.8, 4) is 0 Å². The predicted octanol–water partition coefficient (Wildman–Crippen LogP) is 3.27. The Kier molecular flexibility index (Phi) is 3.80. The van der Waals surface area contributed by atoms with Gasteiger partial charge in [0, 0.05) is 28.9 Å². The first-order valence-corrected chi connectivity index (χ1v) is 8.44. The first-order chi connectivity index (χ1) is 9.83. The Morgan fingerprint density at radius 2 is 2.10 bits per heavy atom. The first-order valence-electron chi connectivity index (χ1n) is 7.36. The van der Waals surface area contributed by atoms with Gasteiger partial charge in [0.2, 0.25) is 0 Å². The molecule has 0 aliphatic carbocycles. The fourth-order valence-electron chi connectivity index (χ4n) is 3.07. The lowest BCUT2D eigenvalue weighted by Crippen LogP contribution is -2.54. The molecule has 0 spiro atoms. The van der Waals surface area contributed by atoms with E-state index < -0.39 is 5.60 Å². The lowest BCUT2D eigenvalue weighted by Gasteiger charge is -2.39. The van der Waals surface area contributed by atoms with Crippen LogP contribution >= 0.6 is 22.6 Å². The van der Waals surface area contributed by atoms with Gasteiger partial charge in [-0.05, 0) is 67.5 Å². The van der Waals surface area contributed by atoms with Crippen molar-refractivity contribution in [3.05, 3.63) is 27.3 Å². The van der Waals surface area contributed by atoms with Crippen molar-refractivity contribution >= 4 is 34.4 Å². The van der Waals surface area contributed by atoms with Gasteiger partial charge >= 0.3 is 6.09 Å². The van der Waals surface area contributed by atoms with Crippen molar-refractivity contribution in [2.45, 2.75) is 38.8 Å². The molecule has 1 aromatic carbocycles.